The monoisotopic (exact) mass is 293 g/mol. The van der Waals surface area contributed by atoms with Gasteiger partial charge in [0, 0.05) is 13.2 Å². The highest BCUT2D eigenvalue weighted by Gasteiger charge is 2.52. The second-order valence-corrected chi connectivity index (χ2v) is 5.82. The summed E-state index contributed by atoms with van der Waals surface area (Å²) in [5.74, 6) is -1.18. The highest BCUT2D eigenvalue weighted by Crippen LogP contribution is 2.45. The van der Waals surface area contributed by atoms with Gasteiger partial charge >= 0.3 is 5.97 Å². The number of rotatable bonds is 3. The van der Waals surface area contributed by atoms with Gasteiger partial charge in [0.15, 0.2) is 0 Å². The highest BCUT2D eigenvalue weighted by atomic mass is 19.1. The molecule has 2 heterocycles. The van der Waals surface area contributed by atoms with Crippen LogP contribution in [0.4, 0.5) is 4.39 Å². The molecule has 0 radical (unpaired) electrons. The van der Waals surface area contributed by atoms with E-state index in [0.717, 1.165) is 25.7 Å². The first-order valence-electron chi connectivity index (χ1n) is 7.30. The Bertz CT molecular complexity index is 562. The van der Waals surface area contributed by atoms with E-state index in [1.54, 1.807) is 13.2 Å². The average molecular weight is 293 g/mol. The van der Waals surface area contributed by atoms with E-state index < -0.39 is 17.3 Å². The molecule has 114 valence electrons. The zero-order valence-electron chi connectivity index (χ0n) is 12.3. The normalized spacial score (nSPS) is 31.2. The molecular weight excluding hydrogens is 273 g/mol. The number of methoxy groups -OCH3 is 2. The van der Waals surface area contributed by atoms with Crippen molar-refractivity contribution in [3.8, 4) is 0 Å². The molecule has 3 unspecified atom stereocenters. The summed E-state index contributed by atoms with van der Waals surface area (Å²) in [4.78, 5) is 12.0. The first-order valence-corrected chi connectivity index (χ1v) is 7.30. The summed E-state index contributed by atoms with van der Waals surface area (Å²) in [5, 5.41) is 3.57. The van der Waals surface area contributed by atoms with Crippen molar-refractivity contribution in [2.24, 2.45) is 0 Å². The van der Waals surface area contributed by atoms with Gasteiger partial charge in [-0.3, -0.25) is 0 Å². The molecule has 5 heteroatoms. The molecule has 0 aliphatic carbocycles. The van der Waals surface area contributed by atoms with E-state index in [0.29, 0.717) is 11.6 Å². The van der Waals surface area contributed by atoms with Gasteiger partial charge in [0.2, 0.25) is 0 Å². The van der Waals surface area contributed by atoms with Gasteiger partial charge in [-0.05, 0) is 37.3 Å². The third kappa shape index (κ3) is 2.15. The Labute approximate surface area is 123 Å². The lowest BCUT2D eigenvalue weighted by Gasteiger charge is -2.39. The summed E-state index contributed by atoms with van der Waals surface area (Å²) in [5.41, 5.74) is 0.184. The maximum absolute atomic E-state index is 14.2. The minimum Gasteiger partial charge on any atom is -0.465 e. The number of esters is 1. The minimum absolute atomic E-state index is 0.0251. The smallest absolute Gasteiger partial charge is 0.341 e. The van der Waals surface area contributed by atoms with Gasteiger partial charge in [-0.15, -0.1) is 0 Å². The van der Waals surface area contributed by atoms with Crippen molar-refractivity contribution in [1.82, 2.24) is 5.32 Å². The van der Waals surface area contributed by atoms with Crippen molar-refractivity contribution < 1.29 is 18.7 Å². The van der Waals surface area contributed by atoms with Crippen molar-refractivity contribution in [2.45, 2.75) is 43.4 Å². The molecule has 0 spiro atoms. The number of hydrogen-bond acceptors (Lipinski definition) is 4. The van der Waals surface area contributed by atoms with E-state index in [2.05, 4.69) is 5.32 Å². The molecule has 0 saturated carbocycles. The molecule has 2 aliphatic heterocycles. The lowest BCUT2D eigenvalue weighted by atomic mass is 9.79. The second-order valence-electron chi connectivity index (χ2n) is 5.82. The molecule has 1 aromatic rings. The predicted molar refractivity (Wildman–Crippen MR) is 75.6 cm³/mol. The SMILES string of the molecule is COC(=O)c1c(F)cccc1C12CCCC(CC1OC)N2. The van der Waals surface area contributed by atoms with Crippen LogP contribution in [-0.2, 0) is 15.0 Å². The van der Waals surface area contributed by atoms with E-state index in [9.17, 15) is 9.18 Å². The molecule has 3 rings (SSSR count). The molecule has 1 N–H and O–H groups in total. The average Bonchev–Trinajstić information content (AvgIpc) is 2.77. The Morgan fingerprint density at radius 2 is 2.24 bits per heavy atom. The molecule has 1 aromatic carbocycles. The molecule has 4 nitrogen and oxygen atoms in total. The first-order chi connectivity index (χ1) is 10.1. The summed E-state index contributed by atoms with van der Waals surface area (Å²) >= 11 is 0. The second kappa shape index (κ2) is 5.39. The minimum atomic E-state index is -0.636. The van der Waals surface area contributed by atoms with Gasteiger partial charge < -0.3 is 14.8 Å². The quantitative estimate of drug-likeness (QED) is 0.869. The number of fused-ring (bicyclic) bond motifs is 2. The zero-order chi connectivity index (χ0) is 15.0. The molecule has 2 aliphatic rings. The fraction of sp³-hybridized carbons (Fsp3) is 0.562. The van der Waals surface area contributed by atoms with Crippen LogP contribution in [0.3, 0.4) is 0 Å². The number of carbonyl (C=O) groups is 1. The van der Waals surface area contributed by atoms with Crippen LogP contribution in [0.15, 0.2) is 18.2 Å². The summed E-state index contributed by atoms with van der Waals surface area (Å²) in [6.45, 7) is 0. The summed E-state index contributed by atoms with van der Waals surface area (Å²) in [7, 11) is 2.95. The fourth-order valence-electron chi connectivity index (χ4n) is 3.91. The molecule has 21 heavy (non-hydrogen) atoms. The number of ether oxygens (including phenoxy) is 2. The van der Waals surface area contributed by atoms with Crippen molar-refractivity contribution in [1.29, 1.82) is 0 Å². The van der Waals surface area contributed by atoms with Crippen LogP contribution >= 0.6 is 0 Å². The van der Waals surface area contributed by atoms with Gasteiger partial charge in [-0.1, -0.05) is 12.1 Å². The largest absolute Gasteiger partial charge is 0.465 e. The number of piperidine rings is 1. The number of benzene rings is 1. The molecule has 2 saturated heterocycles. The van der Waals surface area contributed by atoms with Crippen LogP contribution in [-0.4, -0.2) is 32.3 Å². The summed E-state index contributed by atoms with van der Waals surface area (Å²) in [6, 6.07) is 5.10. The number of halogens is 1. The molecule has 0 aromatic heterocycles. The lowest BCUT2D eigenvalue weighted by Crippen LogP contribution is -2.50. The lowest BCUT2D eigenvalue weighted by molar-refractivity contribution is 0.0371. The molecule has 2 fully saturated rings. The number of hydrogen-bond donors (Lipinski definition) is 1. The van der Waals surface area contributed by atoms with Crippen LogP contribution in [0.5, 0.6) is 0 Å². The molecular formula is C16H20FNO3. The summed E-state index contributed by atoms with van der Waals surface area (Å²) < 4.78 is 24.7. The van der Waals surface area contributed by atoms with Crippen molar-refractivity contribution in [2.75, 3.05) is 14.2 Å². The molecule has 0 amide bonds. The Kier molecular flexibility index (Phi) is 3.71. The van der Waals surface area contributed by atoms with Gasteiger partial charge in [0.05, 0.1) is 18.8 Å². The Balaban J connectivity index is 2.15. The predicted octanol–water partition coefficient (Wildman–Crippen LogP) is 2.37. The maximum Gasteiger partial charge on any atom is 0.341 e. The van der Waals surface area contributed by atoms with E-state index in [1.807, 2.05) is 6.07 Å². The van der Waals surface area contributed by atoms with Crippen LogP contribution < -0.4 is 5.32 Å². The van der Waals surface area contributed by atoms with Crippen molar-refractivity contribution in [3.63, 3.8) is 0 Å². The fourth-order valence-corrected chi connectivity index (χ4v) is 3.91. The van der Waals surface area contributed by atoms with Gasteiger partial charge in [-0.25, -0.2) is 9.18 Å². The number of carbonyl (C=O) groups excluding carboxylic acids is 1. The Hall–Kier alpha value is -1.46. The van der Waals surface area contributed by atoms with E-state index in [-0.39, 0.29) is 11.7 Å². The van der Waals surface area contributed by atoms with E-state index in [1.165, 1.54) is 13.2 Å². The van der Waals surface area contributed by atoms with E-state index >= 15 is 0 Å². The topological polar surface area (TPSA) is 47.6 Å². The third-order valence-electron chi connectivity index (χ3n) is 4.80. The van der Waals surface area contributed by atoms with Gasteiger partial charge in [0.25, 0.3) is 0 Å². The zero-order valence-corrected chi connectivity index (χ0v) is 12.3. The van der Waals surface area contributed by atoms with Crippen LogP contribution in [0.25, 0.3) is 0 Å². The van der Waals surface area contributed by atoms with Crippen molar-refractivity contribution in [3.05, 3.63) is 35.1 Å². The highest BCUT2D eigenvalue weighted by molar-refractivity contribution is 5.91. The van der Waals surface area contributed by atoms with E-state index in [4.69, 9.17) is 9.47 Å². The van der Waals surface area contributed by atoms with Crippen LogP contribution in [0, 0.1) is 5.82 Å². The third-order valence-corrected chi connectivity index (χ3v) is 4.80. The summed E-state index contributed by atoms with van der Waals surface area (Å²) in [6.07, 6.45) is 3.78. The molecule has 2 bridgehead atoms. The Morgan fingerprint density at radius 3 is 2.95 bits per heavy atom. The van der Waals surface area contributed by atoms with Gasteiger partial charge in [-0.2, -0.15) is 0 Å². The molecule has 3 atom stereocenters. The maximum atomic E-state index is 14.2. The standard InChI is InChI=1S/C16H20FNO3/c1-20-13-9-10-5-4-8-16(13,18-10)11-6-3-7-12(17)14(11)15(19)21-2/h3,6-7,10,13,18H,4-5,8-9H2,1-2H3. The van der Waals surface area contributed by atoms with Gasteiger partial charge in [0.1, 0.15) is 11.4 Å². The van der Waals surface area contributed by atoms with Crippen LogP contribution in [0.1, 0.15) is 41.6 Å². The Morgan fingerprint density at radius 1 is 1.43 bits per heavy atom. The first kappa shape index (κ1) is 14.5. The van der Waals surface area contributed by atoms with Crippen molar-refractivity contribution >= 4 is 5.97 Å². The van der Waals surface area contributed by atoms with Crippen LogP contribution in [0.2, 0.25) is 0 Å². The number of nitrogens with one attached hydrogen (secondary N) is 1.